The number of hydrogen-bond donors (Lipinski definition) is 5. The van der Waals surface area contributed by atoms with Crippen LogP contribution in [0.5, 0.6) is 0 Å². The molecule has 61 heavy (non-hydrogen) atoms. The van der Waals surface area contributed by atoms with E-state index in [1.807, 2.05) is 30.3 Å². The minimum Gasteiger partial charge on any atom is -0.347 e. The van der Waals surface area contributed by atoms with Gasteiger partial charge in [-0.05, 0) is 99.6 Å². The fourth-order valence-electron chi connectivity index (χ4n) is 8.45. The number of rotatable bonds is 15. The van der Waals surface area contributed by atoms with Crippen LogP contribution in [0.15, 0.2) is 48.5 Å². The monoisotopic (exact) mass is 867 g/mol. The molecule has 2 aromatic rings. The van der Waals surface area contributed by atoms with Gasteiger partial charge in [-0.15, -0.1) is 23.5 Å². The van der Waals surface area contributed by atoms with Crippen molar-refractivity contribution in [2.45, 2.75) is 107 Å². The summed E-state index contributed by atoms with van der Waals surface area (Å²) in [5.74, 6) is 11.2. The van der Waals surface area contributed by atoms with Crippen molar-refractivity contribution >= 4 is 58.8 Å². The van der Waals surface area contributed by atoms with Gasteiger partial charge in [0.15, 0.2) is 5.78 Å². The van der Waals surface area contributed by atoms with Gasteiger partial charge in [0, 0.05) is 30.8 Å². The topological polar surface area (TPSA) is 169 Å². The Labute approximate surface area is 367 Å². The predicted octanol–water partition coefficient (Wildman–Crippen LogP) is 2.65. The van der Waals surface area contributed by atoms with E-state index in [0.717, 1.165) is 44.1 Å². The van der Waals surface area contributed by atoms with Crippen LogP contribution < -0.4 is 26.6 Å². The first kappa shape index (κ1) is 45.7. The highest BCUT2D eigenvalue weighted by atomic mass is 32.2. The quantitative estimate of drug-likeness (QED) is 0.168. The van der Waals surface area contributed by atoms with Crippen LogP contribution in [-0.2, 0) is 41.6 Å². The van der Waals surface area contributed by atoms with Gasteiger partial charge in [-0.2, -0.15) is 0 Å². The van der Waals surface area contributed by atoms with Crippen LogP contribution in [0.4, 0.5) is 0 Å². The summed E-state index contributed by atoms with van der Waals surface area (Å²) in [6.45, 7) is 1.68. The van der Waals surface area contributed by atoms with Crippen LogP contribution in [-0.4, -0.2) is 119 Å². The summed E-state index contributed by atoms with van der Waals surface area (Å²) in [6.07, 6.45) is 5.94. The SMILES string of the molecule is CNCC(=O)N[C@@H](CC#CC#CC[C@H](NC(=O)[C@H](C)NC)C(=O)N1CSC[C@H]1C(=O)N[C@@H]1CCCc2ccccc21)C(=O)N1CSC[C@H]1C(=O)C[C@@H]1CCCc2ccccc21. The number of ketones is 1. The van der Waals surface area contributed by atoms with Crippen molar-refractivity contribution in [3.63, 3.8) is 0 Å². The Morgan fingerprint density at radius 1 is 0.754 bits per heavy atom. The van der Waals surface area contributed by atoms with Crippen molar-refractivity contribution in [2.24, 2.45) is 0 Å². The zero-order valence-corrected chi connectivity index (χ0v) is 36.9. The highest BCUT2D eigenvalue weighted by molar-refractivity contribution is 7.99. The van der Waals surface area contributed by atoms with Gasteiger partial charge < -0.3 is 36.4 Å². The third-order valence-electron chi connectivity index (χ3n) is 11.9. The van der Waals surface area contributed by atoms with E-state index in [1.54, 1.807) is 25.9 Å². The Bertz CT molecular complexity index is 2080. The fourth-order valence-corrected chi connectivity index (χ4v) is 10.8. The minimum atomic E-state index is -1.04. The highest BCUT2D eigenvalue weighted by Crippen LogP contribution is 2.36. The molecule has 2 aromatic carbocycles. The molecule has 0 saturated carbocycles. The normalized spacial score (nSPS) is 21.8. The second-order valence-corrected chi connectivity index (χ2v) is 18.0. The van der Waals surface area contributed by atoms with Crippen molar-refractivity contribution in [1.82, 2.24) is 36.4 Å². The number of carbonyl (C=O) groups excluding carboxylic acids is 6. The number of nitrogens with one attached hydrogen (secondary N) is 5. The number of thioether (sulfide) groups is 2. The molecule has 2 fully saturated rings. The fraction of sp³-hybridized carbons (Fsp3) is 0.522. The molecule has 6 rings (SSSR count). The van der Waals surface area contributed by atoms with Crippen LogP contribution in [0.1, 0.15) is 86.1 Å². The molecule has 4 aliphatic rings. The van der Waals surface area contributed by atoms with E-state index in [4.69, 9.17) is 0 Å². The zero-order chi connectivity index (χ0) is 43.3. The van der Waals surface area contributed by atoms with Gasteiger partial charge in [-0.25, -0.2) is 0 Å². The number of hydrogen-bond acceptors (Lipinski definition) is 10. The first-order chi connectivity index (χ1) is 29.6. The van der Waals surface area contributed by atoms with E-state index in [2.05, 4.69) is 68.5 Å². The average molecular weight is 868 g/mol. The van der Waals surface area contributed by atoms with E-state index in [1.165, 1.54) is 45.1 Å². The molecule has 15 heteroatoms. The van der Waals surface area contributed by atoms with E-state index >= 15 is 0 Å². The summed E-state index contributed by atoms with van der Waals surface area (Å²) in [7, 11) is 3.28. The Morgan fingerprint density at radius 2 is 1.33 bits per heavy atom. The van der Waals surface area contributed by atoms with Crippen molar-refractivity contribution in [1.29, 1.82) is 0 Å². The molecular weight excluding hydrogens is 811 g/mol. The molecule has 13 nitrogen and oxygen atoms in total. The number of Topliss-reactive ketones (excluding diaryl/α,β-unsaturated/α-hetero) is 1. The number of carbonyl (C=O) groups is 6. The molecule has 0 unspecified atom stereocenters. The van der Waals surface area contributed by atoms with Gasteiger partial charge >= 0.3 is 0 Å². The van der Waals surface area contributed by atoms with Gasteiger partial charge in [0.2, 0.25) is 29.5 Å². The van der Waals surface area contributed by atoms with E-state index in [0.29, 0.717) is 29.7 Å². The molecule has 5 amide bonds. The summed E-state index contributed by atoms with van der Waals surface area (Å²) >= 11 is 3.00. The lowest BCUT2D eigenvalue weighted by Gasteiger charge is -2.31. The van der Waals surface area contributed by atoms with Gasteiger partial charge in [0.25, 0.3) is 0 Å². The molecule has 2 aliphatic carbocycles. The van der Waals surface area contributed by atoms with Crippen molar-refractivity contribution < 1.29 is 28.8 Å². The maximum atomic E-state index is 14.1. The number of fused-ring (bicyclic) bond motifs is 2. The second-order valence-electron chi connectivity index (χ2n) is 16.0. The Balaban J connectivity index is 1.11. The van der Waals surface area contributed by atoms with Crippen LogP contribution >= 0.6 is 23.5 Å². The number of benzene rings is 2. The maximum absolute atomic E-state index is 14.1. The summed E-state index contributed by atoms with van der Waals surface area (Å²) in [5, 5.41) is 14.5. The predicted molar refractivity (Wildman–Crippen MR) is 239 cm³/mol. The van der Waals surface area contributed by atoms with Crippen LogP contribution in [0.2, 0.25) is 0 Å². The number of likely N-dealkylation sites (N-methyl/N-ethyl adjacent to an activating group) is 2. The van der Waals surface area contributed by atoms with Crippen LogP contribution in [0.25, 0.3) is 0 Å². The largest absolute Gasteiger partial charge is 0.347 e. The molecule has 0 aromatic heterocycles. The lowest BCUT2D eigenvalue weighted by atomic mass is 9.79. The molecule has 324 valence electrons. The van der Waals surface area contributed by atoms with Gasteiger partial charge in [-0.3, -0.25) is 28.8 Å². The molecule has 2 heterocycles. The zero-order valence-electron chi connectivity index (χ0n) is 35.2. The third-order valence-corrected chi connectivity index (χ3v) is 13.9. The summed E-state index contributed by atoms with van der Waals surface area (Å²) in [4.78, 5) is 84.4. The molecule has 7 atom stereocenters. The summed E-state index contributed by atoms with van der Waals surface area (Å²) in [5.41, 5.74) is 4.83. The molecule has 0 spiro atoms. The molecule has 0 bridgehead atoms. The second kappa shape index (κ2) is 22.3. The van der Waals surface area contributed by atoms with E-state index in [-0.39, 0.29) is 60.8 Å². The van der Waals surface area contributed by atoms with Gasteiger partial charge in [0.1, 0.15) is 24.2 Å². The molecule has 2 aliphatic heterocycles. The first-order valence-corrected chi connectivity index (χ1v) is 23.5. The molecular formula is C46H57N7O6S2. The summed E-state index contributed by atoms with van der Waals surface area (Å²) < 4.78 is 0. The smallest absolute Gasteiger partial charge is 0.247 e. The van der Waals surface area contributed by atoms with Crippen molar-refractivity contribution in [3.8, 4) is 23.7 Å². The van der Waals surface area contributed by atoms with Crippen LogP contribution in [0, 0.1) is 23.7 Å². The van der Waals surface area contributed by atoms with E-state index < -0.39 is 36.1 Å². The Morgan fingerprint density at radius 3 is 1.98 bits per heavy atom. The number of amides is 5. The maximum Gasteiger partial charge on any atom is 0.247 e. The number of nitrogens with zero attached hydrogens (tertiary/aromatic N) is 2. The first-order valence-electron chi connectivity index (χ1n) is 21.2. The summed E-state index contributed by atoms with van der Waals surface area (Å²) in [6, 6.07) is 12.3. The van der Waals surface area contributed by atoms with Gasteiger partial charge in [-0.1, -0.05) is 60.4 Å². The van der Waals surface area contributed by atoms with Gasteiger partial charge in [0.05, 0.1) is 30.4 Å². The molecule has 2 saturated heterocycles. The minimum absolute atomic E-state index is 0.00486. The van der Waals surface area contributed by atoms with Crippen molar-refractivity contribution in [3.05, 3.63) is 70.8 Å². The van der Waals surface area contributed by atoms with Crippen molar-refractivity contribution in [2.75, 3.05) is 43.9 Å². The Hall–Kier alpha value is -4.80. The molecule has 0 radical (unpaired) electrons. The Kier molecular flexibility index (Phi) is 16.7. The van der Waals surface area contributed by atoms with E-state index in [9.17, 15) is 28.8 Å². The third kappa shape index (κ3) is 11.8. The lowest BCUT2D eigenvalue weighted by molar-refractivity contribution is -0.141. The molecule has 5 N–H and O–H groups in total. The standard InChI is InChI=1S/C46H57N7O6S2/c1-30(48-3)43(56)51-38(46(59)53-29-61-27-40(53)44(57)50-36-23-13-17-32-15-9-11-20-35(32)36)22-7-5-4-6-21-37(49-42(55)25-47-2)45(58)52-28-60-26-39(52)41(54)24-33-18-12-16-31-14-8-10-19-34(31)33/h8-11,14-15,19-20,30,33,36-40,47-48H,12-13,16-18,21-29H2,1-3H3,(H,49,55)(H,50,57)(H,51,56)/t30-,33-,36+,37-,38-,39-,40-/m0/s1. The lowest BCUT2D eigenvalue weighted by Crippen LogP contribution is -2.56. The van der Waals surface area contributed by atoms with Crippen LogP contribution in [0.3, 0.4) is 0 Å². The average Bonchev–Trinajstić information content (AvgIpc) is 3.98. The number of aryl methyl sites for hydroxylation is 2. The highest BCUT2D eigenvalue weighted by Gasteiger charge is 2.40.